The van der Waals surface area contributed by atoms with Gasteiger partial charge >= 0.3 is 0 Å². The number of hydrogen-bond donors (Lipinski definition) is 1. The number of para-hydroxylation sites is 1. The molecule has 0 spiro atoms. The number of nitrogens with one attached hydrogen (secondary N) is 1. The average Bonchev–Trinajstić information content (AvgIpc) is 2.17. The molecule has 0 bridgehead atoms. The largest absolute Gasteiger partial charge is 0.316 e. The van der Waals surface area contributed by atoms with Crippen LogP contribution in [0.2, 0.25) is 0 Å². The summed E-state index contributed by atoms with van der Waals surface area (Å²) in [6.07, 6.45) is 0. The summed E-state index contributed by atoms with van der Waals surface area (Å²) >= 11 is 1.70. The van der Waals surface area contributed by atoms with Gasteiger partial charge in [0.25, 0.3) is 0 Å². The molecule has 0 aromatic heterocycles. The zero-order valence-electron chi connectivity index (χ0n) is 7.95. The van der Waals surface area contributed by atoms with Crippen LogP contribution in [0.5, 0.6) is 0 Å². The summed E-state index contributed by atoms with van der Waals surface area (Å²) < 4.78 is 5.67. The second-order valence-electron chi connectivity index (χ2n) is 3.52. The summed E-state index contributed by atoms with van der Waals surface area (Å²) in [7, 11) is 0. The first kappa shape index (κ1) is 8.91. The van der Waals surface area contributed by atoms with E-state index in [1.54, 1.807) is 12.1 Å². The van der Waals surface area contributed by atoms with Crippen LogP contribution in [0.3, 0.4) is 0 Å². The molecular weight excluding hydrogens is 180 g/mol. The van der Waals surface area contributed by atoms with Gasteiger partial charge in [0.05, 0.1) is 0 Å². The third kappa shape index (κ3) is 1.81. The highest BCUT2D eigenvalue weighted by molar-refractivity contribution is 7.98. The third-order valence-corrected chi connectivity index (χ3v) is 3.29. The van der Waals surface area contributed by atoms with E-state index in [0.717, 1.165) is 6.54 Å². The minimum atomic E-state index is 0.575. The van der Waals surface area contributed by atoms with Crippen LogP contribution < -0.4 is 4.72 Å². The zero-order valence-corrected chi connectivity index (χ0v) is 8.77. The Labute approximate surface area is 83.6 Å². The van der Waals surface area contributed by atoms with Crippen LogP contribution in [0.15, 0.2) is 24.3 Å². The molecule has 2 rings (SSSR count). The molecule has 1 aliphatic rings. The van der Waals surface area contributed by atoms with Crippen LogP contribution in [0.25, 0.3) is 0 Å². The van der Waals surface area contributed by atoms with Crippen molar-refractivity contribution in [3.63, 3.8) is 0 Å². The molecule has 0 fully saturated rings. The van der Waals surface area contributed by atoms with E-state index in [0.29, 0.717) is 6.04 Å². The highest BCUT2D eigenvalue weighted by Gasteiger charge is 2.17. The lowest BCUT2D eigenvalue weighted by atomic mass is 10.2. The molecule has 0 saturated carbocycles. The van der Waals surface area contributed by atoms with E-state index in [4.69, 9.17) is 0 Å². The van der Waals surface area contributed by atoms with Gasteiger partial charge in [0, 0.05) is 30.4 Å². The molecular formula is C10H14N2S. The lowest BCUT2D eigenvalue weighted by Gasteiger charge is -2.30. The number of hydrogen-bond acceptors (Lipinski definition) is 3. The molecule has 0 radical (unpaired) electrons. The van der Waals surface area contributed by atoms with Crippen molar-refractivity contribution >= 4 is 17.8 Å². The van der Waals surface area contributed by atoms with Crippen LogP contribution in [-0.4, -0.2) is 10.3 Å². The van der Waals surface area contributed by atoms with Crippen molar-refractivity contribution in [1.82, 2.24) is 4.31 Å². The Bertz CT molecular complexity index is 299. The van der Waals surface area contributed by atoms with Gasteiger partial charge in [0.1, 0.15) is 0 Å². The lowest BCUT2D eigenvalue weighted by Crippen LogP contribution is -2.28. The van der Waals surface area contributed by atoms with Gasteiger partial charge in [-0.25, -0.2) is 4.31 Å². The standard InChI is InChI=1S/C10H14N2S/c1-8(2)12-7-9-5-3-4-6-10(9)11-13-12/h3-6,8,11H,7H2,1-2H3. The molecule has 2 nitrogen and oxygen atoms in total. The van der Waals surface area contributed by atoms with Crippen molar-refractivity contribution in [2.75, 3.05) is 4.72 Å². The van der Waals surface area contributed by atoms with Gasteiger partial charge < -0.3 is 4.72 Å². The molecule has 3 heteroatoms. The topological polar surface area (TPSA) is 15.3 Å². The van der Waals surface area contributed by atoms with E-state index in [9.17, 15) is 0 Å². The van der Waals surface area contributed by atoms with Gasteiger partial charge in [0.2, 0.25) is 0 Å². The van der Waals surface area contributed by atoms with Gasteiger partial charge in [-0.15, -0.1) is 0 Å². The van der Waals surface area contributed by atoms with E-state index in [2.05, 4.69) is 47.1 Å². The van der Waals surface area contributed by atoms with E-state index in [1.807, 2.05) is 0 Å². The summed E-state index contributed by atoms with van der Waals surface area (Å²) in [4.78, 5) is 0. The van der Waals surface area contributed by atoms with Gasteiger partial charge in [-0.3, -0.25) is 0 Å². The van der Waals surface area contributed by atoms with Crippen LogP contribution in [0.4, 0.5) is 5.69 Å². The molecule has 1 heterocycles. The molecule has 0 atom stereocenters. The maximum absolute atomic E-state index is 3.34. The summed E-state index contributed by atoms with van der Waals surface area (Å²) in [5, 5.41) is 0. The second kappa shape index (κ2) is 3.60. The quantitative estimate of drug-likeness (QED) is 0.692. The van der Waals surface area contributed by atoms with Crippen LogP contribution in [-0.2, 0) is 6.54 Å². The lowest BCUT2D eigenvalue weighted by molar-refractivity contribution is 0.389. The number of fused-ring (bicyclic) bond motifs is 1. The minimum Gasteiger partial charge on any atom is -0.316 e. The molecule has 0 aliphatic carbocycles. The number of benzene rings is 1. The molecule has 1 aromatic rings. The van der Waals surface area contributed by atoms with Crippen molar-refractivity contribution in [2.24, 2.45) is 0 Å². The number of nitrogens with zero attached hydrogens (tertiary/aromatic N) is 1. The molecule has 0 unspecified atom stereocenters. The average molecular weight is 194 g/mol. The fourth-order valence-electron chi connectivity index (χ4n) is 1.35. The first-order chi connectivity index (χ1) is 6.27. The third-order valence-electron chi connectivity index (χ3n) is 2.19. The fraction of sp³-hybridized carbons (Fsp3) is 0.400. The summed E-state index contributed by atoms with van der Waals surface area (Å²) in [5.41, 5.74) is 2.64. The smallest absolute Gasteiger partial charge is 0.0497 e. The van der Waals surface area contributed by atoms with Gasteiger partial charge in [-0.1, -0.05) is 18.2 Å². The van der Waals surface area contributed by atoms with Crippen LogP contribution in [0, 0.1) is 0 Å². The summed E-state index contributed by atoms with van der Waals surface area (Å²) in [6.45, 7) is 5.46. The van der Waals surface area contributed by atoms with Gasteiger partial charge in [-0.05, 0) is 25.5 Å². The van der Waals surface area contributed by atoms with Gasteiger partial charge in [-0.2, -0.15) is 0 Å². The minimum absolute atomic E-state index is 0.575. The zero-order chi connectivity index (χ0) is 9.26. The predicted octanol–water partition coefficient (Wildman–Crippen LogP) is 2.89. The SMILES string of the molecule is CC(C)N1Cc2ccccc2NS1. The molecule has 0 amide bonds. The Balaban J connectivity index is 2.20. The van der Waals surface area contributed by atoms with E-state index in [1.165, 1.54) is 11.3 Å². The second-order valence-corrected chi connectivity index (χ2v) is 4.38. The van der Waals surface area contributed by atoms with Crippen molar-refractivity contribution in [1.29, 1.82) is 0 Å². The first-order valence-electron chi connectivity index (χ1n) is 4.55. The predicted molar refractivity (Wildman–Crippen MR) is 58.3 cm³/mol. The Morgan fingerprint density at radius 1 is 1.38 bits per heavy atom. The summed E-state index contributed by atoms with van der Waals surface area (Å²) in [6, 6.07) is 9.04. The molecule has 0 saturated heterocycles. The van der Waals surface area contributed by atoms with Crippen molar-refractivity contribution in [2.45, 2.75) is 26.4 Å². The molecule has 1 aliphatic heterocycles. The van der Waals surface area contributed by atoms with E-state index in [-0.39, 0.29) is 0 Å². The van der Waals surface area contributed by atoms with Crippen LogP contribution >= 0.6 is 12.1 Å². The van der Waals surface area contributed by atoms with Crippen molar-refractivity contribution < 1.29 is 0 Å². The maximum atomic E-state index is 3.34. The number of anilines is 1. The Kier molecular flexibility index (Phi) is 2.47. The van der Waals surface area contributed by atoms with Gasteiger partial charge in [0.15, 0.2) is 0 Å². The Hall–Kier alpha value is -0.670. The van der Waals surface area contributed by atoms with E-state index >= 15 is 0 Å². The molecule has 1 N–H and O–H groups in total. The normalized spacial score (nSPS) is 16.8. The highest BCUT2D eigenvalue weighted by Crippen LogP contribution is 2.30. The summed E-state index contributed by atoms with van der Waals surface area (Å²) in [5.74, 6) is 0. The monoisotopic (exact) mass is 194 g/mol. The molecule has 13 heavy (non-hydrogen) atoms. The molecule has 70 valence electrons. The Morgan fingerprint density at radius 2 is 2.15 bits per heavy atom. The number of rotatable bonds is 1. The first-order valence-corrected chi connectivity index (χ1v) is 5.32. The molecule has 1 aromatic carbocycles. The Morgan fingerprint density at radius 3 is 2.92 bits per heavy atom. The highest BCUT2D eigenvalue weighted by atomic mass is 32.2. The van der Waals surface area contributed by atoms with Crippen LogP contribution in [0.1, 0.15) is 19.4 Å². The maximum Gasteiger partial charge on any atom is 0.0497 e. The van der Waals surface area contributed by atoms with Crippen molar-refractivity contribution in [3.05, 3.63) is 29.8 Å². The van der Waals surface area contributed by atoms with Crippen molar-refractivity contribution in [3.8, 4) is 0 Å². The van der Waals surface area contributed by atoms with E-state index < -0.39 is 0 Å². The fourth-order valence-corrected chi connectivity index (χ4v) is 2.18.